The molecule has 0 bridgehead atoms. The van der Waals surface area contributed by atoms with Crippen LogP contribution in [0.3, 0.4) is 0 Å². The second-order valence-electron chi connectivity index (χ2n) is 4.97. The fraction of sp³-hybridized carbons (Fsp3) is 0.500. The molecule has 0 saturated heterocycles. The number of halogens is 1. The summed E-state index contributed by atoms with van der Waals surface area (Å²) in [6.07, 6.45) is 2.19. The number of aromatic nitrogens is 1. The first-order valence-electron chi connectivity index (χ1n) is 5.52. The van der Waals surface area contributed by atoms with Gasteiger partial charge in [-0.15, -0.1) is 0 Å². The standard InChI is InChI=1S/C12H15BrN2O2/c1-12(2,3)17-11(16)15-7-5-9-10(15)8(13)4-6-14-9/h4,6H,5,7H2,1-3H3. The Balaban J connectivity index is 2.25. The highest BCUT2D eigenvalue weighted by molar-refractivity contribution is 9.10. The van der Waals surface area contributed by atoms with Gasteiger partial charge >= 0.3 is 6.09 Å². The highest BCUT2D eigenvalue weighted by Gasteiger charge is 2.31. The molecule has 0 radical (unpaired) electrons. The van der Waals surface area contributed by atoms with E-state index in [-0.39, 0.29) is 6.09 Å². The first-order valence-corrected chi connectivity index (χ1v) is 6.32. The van der Waals surface area contributed by atoms with E-state index in [0.29, 0.717) is 6.54 Å². The SMILES string of the molecule is CC(C)(C)OC(=O)N1CCc2nccc(Br)c21. The molecule has 1 aromatic rings. The predicted octanol–water partition coefficient (Wildman–Crippen LogP) is 3.14. The Labute approximate surface area is 109 Å². The third-order valence-corrected chi connectivity index (χ3v) is 3.05. The Morgan fingerprint density at radius 1 is 1.53 bits per heavy atom. The Kier molecular flexibility index (Phi) is 3.12. The van der Waals surface area contributed by atoms with Gasteiger partial charge in [-0.25, -0.2) is 4.79 Å². The summed E-state index contributed by atoms with van der Waals surface area (Å²) in [4.78, 5) is 17.9. The van der Waals surface area contributed by atoms with Crippen LogP contribution in [0.15, 0.2) is 16.7 Å². The third kappa shape index (κ3) is 2.60. The lowest BCUT2D eigenvalue weighted by Gasteiger charge is -2.25. The number of hydrogen-bond acceptors (Lipinski definition) is 3. The van der Waals surface area contributed by atoms with Crippen molar-refractivity contribution in [2.45, 2.75) is 32.8 Å². The zero-order chi connectivity index (χ0) is 12.6. The minimum atomic E-state index is -0.478. The van der Waals surface area contributed by atoms with Crippen LogP contribution in [0.5, 0.6) is 0 Å². The van der Waals surface area contributed by atoms with E-state index in [9.17, 15) is 4.79 Å². The van der Waals surface area contributed by atoms with Crippen molar-refractivity contribution in [3.8, 4) is 0 Å². The predicted molar refractivity (Wildman–Crippen MR) is 69.2 cm³/mol. The molecule has 5 heteroatoms. The molecule has 1 aliphatic heterocycles. The number of pyridine rings is 1. The van der Waals surface area contributed by atoms with Gasteiger partial charge < -0.3 is 4.74 Å². The number of carbonyl (C=O) groups excluding carboxylic acids is 1. The molecular weight excluding hydrogens is 284 g/mol. The zero-order valence-corrected chi connectivity index (χ0v) is 11.7. The molecule has 0 aromatic carbocycles. The fourth-order valence-electron chi connectivity index (χ4n) is 1.77. The van der Waals surface area contributed by atoms with Gasteiger partial charge in [0.15, 0.2) is 0 Å². The van der Waals surface area contributed by atoms with Crippen LogP contribution in [-0.2, 0) is 11.2 Å². The van der Waals surface area contributed by atoms with Gasteiger partial charge in [0.1, 0.15) is 5.60 Å². The topological polar surface area (TPSA) is 42.4 Å². The maximum Gasteiger partial charge on any atom is 0.414 e. The highest BCUT2D eigenvalue weighted by atomic mass is 79.9. The molecule has 1 aromatic heterocycles. The van der Waals surface area contributed by atoms with Gasteiger partial charge in [0, 0.05) is 23.6 Å². The van der Waals surface area contributed by atoms with Crippen molar-refractivity contribution in [2.75, 3.05) is 11.4 Å². The minimum absolute atomic E-state index is 0.315. The summed E-state index contributed by atoms with van der Waals surface area (Å²) in [6.45, 7) is 6.21. The first kappa shape index (κ1) is 12.4. The van der Waals surface area contributed by atoms with Crippen molar-refractivity contribution < 1.29 is 9.53 Å². The van der Waals surface area contributed by atoms with Crippen molar-refractivity contribution in [3.05, 3.63) is 22.4 Å². The van der Waals surface area contributed by atoms with Crippen molar-refractivity contribution in [2.24, 2.45) is 0 Å². The quantitative estimate of drug-likeness (QED) is 0.739. The lowest BCUT2D eigenvalue weighted by Crippen LogP contribution is -2.35. The molecule has 0 atom stereocenters. The van der Waals surface area contributed by atoms with E-state index in [1.807, 2.05) is 26.8 Å². The van der Waals surface area contributed by atoms with Gasteiger partial charge in [-0.1, -0.05) is 0 Å². The normalized spacial score (nSPS) is 14.7. The molecular formula is C12H15BrN2O2. The summed E-state index contributed by atoms with van der Waals surface area (Å²) in [7, 11) is 0. The molecule has 2 heterocycles. The van der Waals surface area contributed by atoms with Crippen LogP contribution in [0, 0.1) is 0 Å². The number of amides is 1. The van der Waals surface area contributed by atoms with E-state index in [2.05, 4.69) is 20.9 Å². The smallest absolute Gasteiger partial charge is 0.414 e. The first-order chi connectivity index (χ1) is 7.88. The maximum atomic E-state index is 12.0. The van der Waals surface area contributed by atoms with Crippen molar-refractivity contribution in [1.29, 1.82) is 0 Å². The maximum absolute atomic E-state index is 12.0. The van der Waals surface area contributed by atoms with E-state index in [1.54, 1.807) is 11.1 Å². The average molecular weight is 299 g/mol. The van der Waals surface area contributed by atoms with Crippen molar-refractivity contribution >= 4 is 27.7 Å². The fourth-order valence-corrected chi connectivity index (χ4v) is 2.33. The summed E-state index contributed by atoms with van der Waals surface area (Å²) >= 11 is 3.45. The van der Waals surface area contributed by atoms with Crippen molar-refractivity contribution in [3.63, 3.8) is 0 Å². The van der Waals surface area contributed by atoms with Gasteiger partial charge in [-0.3, -0.25) is 9.88 Å². The van der Waals surface area contributed by atoms with E-state index in [0.717, 1.165) is 22.3 Å². The number of rotatable bonds is 0. The van der Waals surface area contributed by atoms with Crippen LogP contribution >= 0.6 is 15.9 Å². The molecule has 0 N–H and O–H groups in total. The number of anilines is 1. The molecule has 2 rings (SSSR count). The largest absolute Gasteiger partial charge is 0.443 e. The number of hydrogen-bond donors (Lipinski definition) is 0. The molecule has 92 valence electrons. The van der Waals surface area contributed by atoms with Crippen LogP contribution in [0.25, 0.3) is 0 Å². The summed E-state index contributed by atoms with van der Waals surface area (Å²) in [5, 5.41) is 0. The molecule has 0 unspecified atom stereocenters. The minimum Gasteiger partial charge on any atom is -0.443 e. The molecule has 0 aliphatic carbocycles. The van der Waals surface area contributed by atoms with Gasteiger partial charge in [-0.2, -0.15) is 0 Å². The van der Waals surface area contributed by atoms with Gasteiger partial charge in [0.2, 0.25) is 0 Å². The number of ether oxygens (including phenoxy) is 1. The number of fused-ring (bicyclic) bond motifs is 1. The van der Waals surface area contributed by atoms with E-state index < -0.39 is 5.60 Å². The van der Waals surface area contributed by atoms with E-state index >= 15 is 0 Å². The molecule has 4 nitrogen and oxygen atoms in total. The molecule has 1 amide bonds. The Morgan fingerprint density at radius 2 is 2.24 bits per heavy atom. The average Bonchev–Trinajstić information content (AvgIpc) is 2.60. The summed E-state index contributed by atoms with van der Waals surface area (Å²) in [5.74, 6) is 0. The summed E-state index contributed by atoms with van der Waals surface area (Å²) in [5.41, 5.74) is 1.29. The monoisotopic (exact) mass is 298 g/mol. The highest BCUT2D eigenvalue weighted by Crippen LogP contribution is 2.34. The van der Waals surface area contributed by atoms with Crippen molar-refractivity contribution in [1.82, 2.24) is 4.98 Å². The van der Waals surface area contributed by atoms with Gasteiger partial charge in [0.05, 0.1) is 11.4 Å². The molecule has 17 heavy (non-hydrogen) atoms. The lowest BCUT2D eigenvalue weighted by atomic mass is 10.2. The molecule has 1 aliphatic rings. The molecule has 0 fully saturated rings. The molecule has 0 saturated carbocycles. The number of nitrogens with zero attached hydrogens (tertiary/aromatic N) is 2. The lowest BCUT2D eigenvalue weighted by molar-refractivity contribution is 0.0584. The third-order valence-electron chi connectivity index (χ3n) is 2.41. The second kappa shape index (κ2) is 4.29. The molecule has 0 spiro atoms. The Hall–Kier alpha value is -1.10. The Bertz CT molecular complexity index is 454. The van der Waals surface area contributed by atoms with E-state index in [1.165, 1.54) is 0 Å². The van der Waals surface area contributed by atoms with Crippen LogP contribution in [0.4, 0.5) is 10.5 Å². The van der Waals surface area contributed by atoms with Gasteiger partial charge in [-0.05, 0) is 42.8 Å². The van der Waals surface area contributed by atoms with E-state index in [4.69, 9.17) is 4.74 Å². The van der Waals surface area contributed by atoms with Crippen LogP contribution in [0.2, 0.25) is 0 Å². The van der Waals surface area contributed by atoms with Crippen LogP contribution in [-0.4, -0.2) is 23.2 Å². The second-order valence-corrected chi connectivity index (χ2v) is 5.82. The van der Waals surface area contributed by atoms with Gasteiger partial charge in [0.25, 0.3) is 0 Å². The zero-order valence-electron chi connectivity index (χ0n) is 10.2. The van der Waals surface area contributed by atoms with Crippen LogP contribution in [0.1, 0.15) is 26.5 Å². The summed E-state index contributed by atoms with van der Waals surface area (Å²) in [6, 6.07) is 1.83. The van der Waals surface area contributed by atoms with Crippen LogP contribution < -0.4 is 4.90 Å². The summed E-state index contributed by atoms with van der Waals surface area (Å²) < 4.78 is 6.25. The number of carbonyl (C=O) groups is 1. The Morgan fingerprint density at radius 3 is 2.88 bits per heavy atom.